The SMILES string of the molecule is Cc1nc(Br)ccc1NS(=O)(=O)c1cc(N)cc(F)c1C. The van der Waals surface area contributed by atoms with Crippen LogP contribution < -0.4 is 10.5 Å². The number of benzene rings is 1. The van der Waals surface area contributed by atoms with E-state index in [-0.39, 0.29) is 16.1 Å². The minimum atomic E-state index is -3.95. The molecular weight excluding hydrogens is 361 g/mol. The molecule has 0 saturated carbocycles. The van der Waals surface area contributed by atoms with Crippen LogP contribution in [0.3, 0.4) is 0 Å². The standard InChI is InChI=1S/C13H13BrFN3O2S/c1-7-10(15)5-9(16)6-12(7)21(19,20)18-11-3-4-13(14)17-8(11)2/h3-6,18H,16H2,1-2H3. The topological polar surface area (TPSA) is 85.1 Å². The van der Waals surface area contributed by atoms with Crippen LogP contribution in [-0.2, 0) is 10.0 Å². The number of hydrogen-bond acceptors (Lipinski definition) is 4. The van der Waals surface area contributed by atoms with E-state index in [1.807, 2.05) is 0 Å². The third-order valence-corrected chi connectivity index (χ3v) is 4.84. The Morgan fingerprint density at radius 3 is 2.57 bits per heavy atom. The number of nitrogens with zero attached hydrogens (tertiary/aromatic N) is 1. The van der Waals surface area contributed by atoms with Crippen molar-refractivity contribution in [1.29, 1.82) is 0 Å². The number of nitrogens with two attached hydrogens (primary N) is 1. The highest BCUT2D eigenvalue weighted by Gasteiger charge is 2.21. The third kappa shape index (κ3) is 3.33. The lowest BCUT2D eigenvalue weighted by Crippen LogP contribution is -2.16. The van der Waals surface area contributed by atoms with E-state index in [1.165, 1.54) is 13.0 Å². The van der Waals surface area contributed by atoms with E-state index in [0.717, 1.165) is 6.07 Å². The zero-order valence-electron chi connectivity index (χ0n) is 11.3. The summed E-state index contributed by atoms with van der Waals surface area (Å²) in [6.45, 7) is 3.05. The molecule has 0 saturated heterocycles. The van der Waals surface area contributed by atoms with E-state index in [1.54, 1.807) is 19.1 Å². The van der Waals surface area contributed by atoms with E-state index in [9.17, 15) is 12.8 Å². The first-order valence-electron chi connectivity index (χ1n) is 5.92. The summed E-state index contributed by atoms with van der Waals surface area (Å²) in [7, 11) is -3.95. The molecule has 0 radical (unpaired) electrons. The van der Waals surface area contributed by atoms with Crippen molar-refractivity contribution in [2.45, 2.75) is 18.7 Å². The molecule has 1 heterocycles. The van der Waals surface area contributed by atoms with Crippen LogP contribution in [0.5, 0.6) is 0 Å². The van der Waals surface area contributed by atoms with Crippen LogP contribution in [0.2, 0.25) is 0 Å². The van der Waals surface area contributed by atoms with Crippen LogP contribution in [0.25, 0.3) is 0 Å². The van der Waals surface area contributed by atoms with E-state index in [4.69, 9.17) is 5.73 Å². The maximum absolute atomic E-state index is 13.7. The Labute approximate surface area is 130 Å². The summed E-state index contributed by atoms with van der Waals surface area (Å²) in [4.78, 5) is 3.91. The van der Waals surface area contributed by atoms with Crippen molar-refractivity contribution < 1.29 is 12.8 Å². The number of anilines is 2. The van der Waals surface area contributed by atoms with Crippen molar-refractivity contribution in [2.24, 2.45) is 0 Å². The van der Waals surface area contributed by atoms with Gasteiger partial charge in [0.15, 0.2) is 0 Å². The molecule has 5 nitrogen and oxygen atoms in total. The van der Waals surface area contributed by atoms with Crippen LogP contribution in [0.1, 0.15) is 11.3 Å². The van der Waals surface area contributed by atoms with Gasteiger partial charge in [0, 0.05) is 11.3 Å². The van der Waals surface area contributed by atoms with E-state index < -0.39 is 15.8 Å². The molecule has 1 aromatic heterocycles. The number of sulfonamides is 1. The summed E-state index contributed by atoms with van der Waals surface area (Å²) in [5, 5.41) is 0. The van der Waals surface area contributed by atoms with Crippen LogP contribution in [0.4, 0.5) is 15.8 Å². The third-order valence-electron chi connectivity index (χ3n) is 2.90. The molecule has 0 unspecified atom stereocenters. The molecule has 2 rings (SSSR count). The van der Waals surface area contributed by atoms with Gasteiger partial charge in [0.1, 0.15) is 10.4 Å². The highest BCUT2D eigenvalue weighted by Crippen LogP contribution is 2.25. The van der Waals surface area contributed by atoms with Gasteiger partial charge in [0.25, 0.3) is 10.0 Å². The fourth-order valence-corrected chi connectivity index (χ4v) is 3.60. The van der Waals surface area contributed by atoms with Crippen molar-refractivity contribution in [1.82, 2.24) is 4.98 Å². The monoisotopic (exact) mass is 373 g/mol. The summed E-state index contributed by atoms with van der Waals surface area (Å²) < 4.78 is 41.4. The van der Waals surface area contributed by atoms with Gasteiger partial charge in [-0.25, -0.2) is 17.8 Å². The van der Waals surface area contributed by atoms with Gasteiger partial charge >= 0.3 is 0 Å². The quantitative estimate of drug-likeness (QED) is 0.639. The van der Waals surface area contributed by atoms with Crippen LogP contribution in [0, 0.1) is 19.7 Å². The summed E-state index contributed by atoms with van der Waals surface area (Å²) in [6.07, 6.45) is 0. The van der Waals surface area contributed by atoms with E-state index in [0.29, 0.717) is 16.0 Å². The lowest BCUT2D eigenvalue weighted by atomic mass is 10.2. The second-order valence-corrected chi connectivity index (χ2v) is 6.96. The summed E-state index contributed by atoms with van der Waals surface area (Å²) in [6, 6.07) is 5.49. The lowest BCUT2D eigenvalue weighted by molar-refractivity contribution is 0.591. The predicted octanol–water partition coefficient (Wildman–Crippen LogP) is 2.98. The number of nitrogen functional groups attached to an aromatic ring is 1. The fourth-order valence-electron chi connectivity index (χ4n) is 1.79. The fraction of sp³-hybridized carbons (Fsp3) is 0.154. The number of rotatable bonds is 3. The highest BCUT2D eigenvalue weighted by atomic mass is 79.9. The first-order chi connectivity index (χ1) is 9.70. The highest BCUT2D eigenvalue weighted by molar-refractivity contribution is 9.10. The first-order valence-corrected chi connectivity index (χ1v) is 8.20. The van der Waals surface area contributed by atoms with Crippen molar-refractivity contribution in [3.63, 3.8) is 0 Å². The maximum Gasteiger partial charge on any atom is 0.262 e. The Morgan fingerprint density at radius 1 is 1.29 bits per heavy atom. The Kier molecular flexibility index (Phi) is 4.20. The second kappa shape index (κ2) is 5.61. The molecule has 2 aromatic rings. The number of pyridine rings is 1. The molecule has 0 fully saturated rings. The van der Waals surface area contributed by atoms with Gasteiger partial charge in [0.2, 0.25) is 0 Å². The number of nitrogens with one attached hydrogen (secondary N) is 1. The smallest absolute Gasteiger partial charge is 0.262 e. The van der Waals surface area contributed by atoms with E-state index >= 15 is 0 Å². The molecule has 1 aromatic carbocycles. The Bertz CT molecular complexity index is 809. The minimum Gasteiger partial charge on any atom is -0.399 e. The lowest BCUT2D eigenvalue weighted by Gasteiger charge is -2.13. The predicted molar refractivity (Wildman–Crippen MR) is 83.0 cm³/mol. The van der Waals surface area contributed by atoms with Gasteiger partial charge in [0.05, 0.1) is 16.3 Å². The summed E-state index contributed by atoms with van der Waals surface area (Å²) in [5.74, 6) is -0.666. The maximum atomic E-state index is 13.7. The molecule has 0 aliphatic heterocycles. The van der Waals surface area contributed by atoms with Gasteiger partial charge < -0.3 is 5.73 Å². The summed E-state index contributed by atoms with van der Waals surface area (Å²) >= 11 is 3.20. The van der Waals surface area contributed by atoms with Gasteiger partial charge in [-0.05, 0) is 54.0 Å². The Hall–Kier alpha value is -1.67. The molecule has 21 heavy (non-hydrogen) atoms. The van der Waals surface area contributed by atoms with Crippen molar-refractivity contribution >= 4 is 37.3 Å². The number of aryl methyl sites for hydroxylation is 1. The molecule has 3 N–H and O–H groups in total. The van der Waals surface area contributed by atoms with Gasteiger partial charge in [-0.3, -0.25) is 4.72 Å². The first kappa shape index (κ1) is 15.7. The molecular formula is C13H13BrFN3O2S. The number of hydrogen-bond donors (Lipinski definition) is 2. The molecule has 0 amide bonds. The van der Waals surface area contributed by atoms with Crippen molar-refractivity contribution in [2.75, 3.05) is 10.5 Å². The second-order valence-electron chi connectivity index (χ2n) is 4.50. The number of aromatic nitrogens is 1. The number of halogens is 2. The Morgan fingerprint density at radius 2 is 1.95 bits per heavy atom. The van der Waals surface area contributed by atoms with Crippen LogP contribution >= 0.6 is 15.9 Å². The normalized spacial score (nSPS) is 11.4. The van der Waals surface area contributed by atoms with Crippen molar-refractivity contribution in [3.05, 3.63) is 45.9 Å². The molecule has 0 bridgehead atoms. The zero-order chi connectivity index (χ0) is 15.8. The Balaban J connectivity index is 2.48. The van der Waals surface area contributed by atoms with Gasteiger partial charge in [-0.2, -0.15) is 0 Å². The molecule has 0 spiro atoms. The minimum absolute atomic E-state index is 0.0134. The van der Waals surface area contributed by atoms with E-state index in [2.05, 4.69) is 25.6 Å². The van der Waals surface area contributed by atoms with Gasteiger partial charge in [-0.15, -0.1) is 0 Å². The van der Waals surface area contributed by atoms with Crippen molar-refractivity contribution in [3.8, 4) is 0 Å². The zero-order valence-corrected chi connectivity index (χ0v) is 13.7. The molecule has 112 valence electrons. The molecule has 0 atom stereocenters. The van der Waals surface area contributed by atoms with Crippen LogP contribution in [0.15, 0.2) is 33.8 Å². The largest absolute Gasteiger partial charge is 0.399 e. The average Bonchev–Trinajstić information content (AvgIpc) is 2.37. The molecule has 0 aliphatic rings. The average molecular weight is 374 g/mol. The van der Waals surface area contributed by atoms with Gasteiger partial charge in [-0.1, -0.05) is 0 Å². The summed E-state index contributed by atoms with van der Waals surface area (Å²) in [5.41, 5.74) is 6.39. The molecule has 8 heteroatoms. The van der Waals surface area contributed by atoms with Crippen LogP contribution in [-0.4, -0.2) is 13.4 Å². The molecule has 0 aliphatic carbocycles.